The topological polar surface area (TPSA) is 162 Å². The lowest BCUT2D eigenvalue weighted by atomic mass is 9.96. The van der Waals surface area contributed by atoms with Crippen molar-refractivity contribution in [2.24, 2.45) is 7.05 Å². The van der Waals surface area contributed by atoms with E-state index in [0.717, 1.165) is 43.8 Å². The number of aromatic nitrogens is 2. The Balaban J connectivity index is 0.000000302. The second-order valence-electron chi connectivity index (χ2n) is 8.83. The predicted molar refractivity (Wildman–Crippen MR) is 125 cm³/mol. The molecule has 12 heteroatoms. The lowest BCUT2D eigenvalue weighted by Gasteiger charge is -2.25. The average Bonchev–Trinajstić information content (AvgIpc) is 3.36. The van der Waals surface area contributed by atoms with E-state index in [1.807, 2.05) is 24.7 Å². The number of nitrogens with zero attached hydrogens (tertiary/aromatic N) is 3. The van der Waals surface area contributed by atoms with Gasteiger partial charge in [-0.15, -0.1) is 0 Å². The second kappa shape index (κ2) is 13.1. The van der Waals surface area contributed by atoms with Gasteiger partial charge < -0.3 is 25.2 Å². The van der Waals surface area contributed by atoms with E-state index in [9.17, 15) is 18.8 Å². The van der Waals surface area contributed by atoms with E-state index in [1.54, 1.807) is 12.1 Å². The molecule has 36 heavy (non-hydrogen) atoms. The van der Waals surface area contributed by atoms with E-state index < -0.39 is 36.4 Å². The van der Waals surface area contributed by atoms with Crippen LogP contribution in [0.2, 0.25) is 0 Å². The van der Waals surface area contributed by atoms with E-state index in [1.165, 1.54) is 11.6 Å². The molecule has 0 saturated carbocycles. The zero-order valence-corrected chi connectivity index (χ0v) is 20.3. The third kappa shape index (κ3) is 9.36. The maximum Gasteiger partial charge on any atom is 0.336 e. The van der Waals surface area contributed by atoms with Gasteiger partial charge in [0.15, 0.2) is 5.60 Å². The first-order valence-corrected chi connectivity index (χ1v) is 11.3. The van der Waals surface area contributed by atoms with Crippen LogP contribution in [0.4, 0.5) is 4.39 Å². The summed E-state index contributed by atoms with van der Waals surface area (Å²) in [6.45, 7) is 5.26. The van der Waals surface area contributed by atoms with Gasteiger partial charge in [0.2, 0.25) is 0 Å². The number of carboxylic acid groups (broad SMARTS) is 3. The Morgan fingerprint density at radius 2 is 1.86 bits per heavy atom. The molecule has 1 unspecified atom stereocenters. The van der Waals surface area contributed by atoms with Crippen LogP contribution in [0.5, 0.6) is 0 Å². The quantitative estimate of drug-likeness (QED) is 0.351. The predicted octanol–water partition coefficient (Wildman–Crippen LogP) is 1.80. The van der Waals surface area contributed by atoms with Gasteiger partial charge in [-0.1, -0.05) is 12.1 Å². The van der Waals surface area contributed by atoms with Gasteiger partial charge in [-0.25, -0.2) is 9.18 Å². The van der Waals surface area contributed by atoms with Crippen molar-refractivity contribution in [3.8, 4) is 0 Å². The van der Waals surface area contributed by atoms with Crippen molar-refractivity contribution in [2.45, 2.75) is 57.4 Å². The van der Waals surface area contributed by atoms with Crippen LogP contribution in [0.1, 0.15) is 42.5 Å². The van der Waals surface area contributed by atoms with Crippen molar-refractivity contribution in [3.63, 3.8) is 0 Å². The molecule has 0 spiro atoms. The average molecular weight is 510 g/mol. The standard InChI is InChI=1S/C18H24FN3O.C6H8O7/c1-14-16(11-21(2)20-14)12-22(13-18-7-4-8-23-18)10-15-5-3-6-17(19)9-15;7-3(8)1-6(13,5(11)12)2-4(9)10/h3,5-6,9,11,18H,4,7-8,10,12-13H2,1-2H3;13H,1-2H2,(H,7,8)(H,9,10)(H,11,12). The van der Waals surface area contributed by atoms with E-state index in [-0.39, 0.29) is 11.9 Å². The van der Waals surface area contributed by atoms with Gasteiger partial charge in [0.25, 0.3) is 0 Å². The Morgan fingerprint density at radius 1 is 1.19 bits per heavy atom. The fourth-order valence-electron chi connectivity index (χ4n) is 3.91. The van der Waals surface area contributed by atoms with Crippen molar-refractivity contribution in [2.75, 3.05) is 13.2 Å². The van der Waals surface area contributed by atoms with E-state index in [2.05, 4.69) is 16.2 Å². The molecule has 1 aliphatic heterocycles. The van der Waals surface area contributed by atoms with Crippen molar-refractivity contribution in [1.82, 2.24) is 14.7 Å². The summed E-state index contributed by atoms with van der Waals surface area (Å²) in [6, 6.07) is 6.84. The molecule has 0 amide bonds. The minimum absolute atomic E-state index is 0.183. The molecule has 0 aliphatic carbocycles. The molecule has 198 valence electrons. The normalized spacial score (nSPS) is 15.4. The number of hydrogen-bond acceptors (Lipinski definition) is 7. The number of ether oxygens (including phenoxy) is 1. The number of aliphatic hydroxyl groups is 1. The third-order valence-corrected chi connectivity index (χ3v) is 5.58. The summed E-state index contributed by atoms with van der Waals surface area (Å²) in [5, 5.41) is 38.2. The van der Waals surface area contributed by atoms with Gasteiger partial charge in [-0.3, -0.25) is 19.2 Å². The van der Waals surface area contributed by atoms with Crippen LogP contribution < -0.4 is 0 Å². The molecule has 0 bridgehead atoms. The van der Waals surface area contributed by atoms with E-state index >= 15 is 0 Å². The summed E-state index contributed by atoms with van der Waals surface area (Å²) in [4.78, 5) is 32.8. The molecule has 1 atom stereocenters. The van der Waals surface area contributed by atoms with Crippen LogP contribution in [0.15, 0.2) is 30.5 Å². The molecule has 2 aromatic rings. The number of hydrogen-bond donors (Lipinski definition) is 4. The summed E-state index contributed by atoms with van der Waals surface area (Å²) >= 11 is 0. The Kier molecular flexibility index (Phi) is 10.5. The van der Waals surface area contributed by atoms with Crippen LogP contribution in [0, 0.1) is 12.7 Å². The number of carbonyl (C=O) groups is 3. The highest BCUT2D eigenvalue weighted by Crippen LogP contribution is 2.19. The molecule has 11 nitrogen and oxygen atoms in total. The minimum Gasteiger partial charge on any atom is -0.481 e. The Hall–Kier alpha value is -3.35. The minimum atomic E-state index is -2.74. The monoisotopic (exact) mass is 509 g/mol. The lowest BCUT2D eigenvalue weighted by molar-refractivity contribution is -0.170. The Bertz CT molecular complexity index is 1040. The summed E-state index contributed by atoms with van der Waals surface area (Å²) in [5.74, 6) is -5.20. The molecule has 0 radical (unpaired) electrons. The third-order valence-electron chi connectivity index (χ3n) is 5.58. The van der Waals surface area contributed by atoms with Crippen LogP contribution in [0.25, 0.3) is 0 Å². The maximum absolute atomic E-state index is 13.5. The smallest absolute Gasteiger partial charge is 0.336 e. The van der Waals surface area contributed by atoms with Crippen LogP contribution in [-0.2, 0) is 39.3 Å². The number of rotatable bonds is 11. The summed E-state index contributed by atoms with van der Waals surface area (Å²) < 4.78 is 21.1. The van der Waals surface area contributed by atoms with Crippen molar-refractivity contribution in [3.05, 3.63) is 53.1 Å². The Morgan fingerprint density at radius 3 is 2.33 bits per heavy atom. The van der Waals surface area contributed by atoms with Gasteiger partial charge in [0, 0.05) is 45.0 Å². The van der Waals surface area contributed by atoms with Gasteiger partial charge in [-0.05, 0) is 37.5 Å². The molecule has 1 fully saturated rings. The number of carboxylic acids is 3. The molecule has 1 aromatic carbocycles. The van der Waals surface area contributed by atoms with Crippen molar-refractivity contribution >= 4 is 17.9 Å². The number of aliphatic carboxylic acids is 3. The van der Waals surface area contributed by atoms with Crippen LogP contribution in [-0.4, -0.2) is 77.9 Å². The number of halogens is 1. The second-order valence-corrected chi connectivity index (χ2v) is 8.83. The van der Waals surface area contributed by atoms with Crippen LogP contribution >= 0.6 is 0 Å². The molecule has 1 aromatic heterocycles. The first-order valence-electron chi connectivity index (χ1n) is 11.3. The van der Waals surface area contributed by atoms with Crippen LogP contribution in [0.3, 0.4) is 0 Å². The molecular weight excluding hydrogens is 477 g/mol. The van der Waals surface area contributed by atoms with E-state index in [4.69, 9.17) is 25.2 Å². The molecule has 1 aliphatic rings. The fourth-order valence-corrected chi connectivity index (χ4v) is 3.91. The van der Waals surface area contributed by atoms with Gasteiger partial charge >= 0.3 is 17.9 Å². The van der Waals surface area contributed by atoms with Gasteiger partial charge in [0.05, 0.1) is 24.6 Å². The number of benzene rings is 1. The fraction of sp³-hybridized carbons (Fsp3) is 0.500. The first-order chi connectivity index (χ1) is 16.9. The summed E-state index contributed by atoms with van der Waals surface area (Å²) in [5.41, 5.74) is 0.507. The number of aryl methyl sites for hydroxylation is 2. The van der Waals surface area contributed by atoms with E-state index in [0.29, 0.717) is 6.54 Å². The van der Waals surface area contributed by atoms with Crippen molar-refractivity contribution in [1.29, 1.82) is 0 Å². The highest BCUT2D eigenvalue weighted by atomic mass is 19.1. The molecule has 4 N–H and O–H groups in total. The molecule has 2 heterocycles. The van der Waals surface area contributed by atoms with Gasteiger partial charge in [-0.2, -0.15) is 5.10 Å². The summed E-state index contributed by atoms with van der Waals surface area (Å²) in [6.07, 6.45) is 2.28. The van der Waals surface area contributed by atoms with Gasteiger partial charge in [0.1, 0.15) is 5.82 Å². The van der Waals surface area contributed by atoms with Crippen molar-refractivity contribution < 1.29 is 43.9 Å². The zero-order valence-electron chi connectivity index (χ0n) is 20.3. The Labute approximate surface area is 207 Å². The SMILES string of the molecule is Cc1nn(C)cc1CN(Cc1cccc(F)c1)CC1CCCO1.O=C(O)CC(O)(CC(=O)O)C(=O)O. The largest absolute Gasteiger partial charge is 0.481 e. The molecule has 3 rings (SSSR count). The first kappa shape index (κ1) is 28.9. The highest BCUT2D eigenvalue weighted by Gasteiger charge is 2.40. The maximum atomic E-state index is 13.5. The summed E-state index contributed by atoms with van der Waals surface area (Å²) in [7, 11) is 1.94. The zero-order chi connectivity index (χ0) is 26.9. The highest BCUT2D eigenvalue weighted by molar-refractivity contribution is 5.88. The molecular formula is C24H32FN3O8. The lowest BCUT2D eigenvalue weighted by Crippen LogP contribution is -2.42. The molecule has 1 saturated heterocycles.